The van der Waals surface area contributed by atoms with E-state index >= 15 is 0 Å². The van der Waals surface area contributed by atoms with Crippen molar-refractivity contribution in [2.24, 2.45) is 5.73 Å². The molecule has 0 bridgehead atoms. The van der Waals surface area contributed by atoms with Crippen LogP contribution in [0.4, 0.5) is 0 Å². The fourth-order valence-corrected chi connectivity index (χ4v) is 2.38. The van der Waals surface area contributed by atoms with Gasteiger partial charge in [-0.1, -0.05) is 17.8 Å². The van der Waals surface area contributed by atoms with Gasteiger partial charge in [-0.25, -0.2) is 4.98 Å². The Labute approximate surface area is 100 Å². The SMILES string of the molecule is C[C@H](Sc1n[nH]c(-c2cccs2)n1)C(N)=O. The van der Waals surface area contributed by atoms with Gasteiger partial charge in [-0.05, 0) is 18.4 Å². The van der Waals surface area contributed by atoms with Crippen molar-refractivity contribution in [2.75, 3.05) is 0 Å². The number of primary amides is 1. The summed E-state index contributed by atoms with van der Waals surface area (Å²) in [4.78, 5) is 16.2. The molecule has 0 fully saturated rings. The van der Waals surface area contributed by atoms with E-state index in [1.165, 1.54) is 11.8 Å². The van der Waals surface area contributed by atoms with E-state index in [2.05, 4.69) is 15.2 Å². The van der Waals surface area contributed by atoms with E-state index in [-0.39, 0.29) is 11.2 Å². The van der Waals surface area contributed by atoms with Crippen molar-refractivity contribution in [1.29, 1.82) is 0 Å². The second-order valence-corrected chi connectivity index (χ2v) is 5.36. The lowest BCUT2D eigenvalue weighted by molar-refractivity contribution is -0.117. The van der Waals surface area contributed by atoms with Crippen molar-refractivity contribution in [3.05, 3.63) is 17.5 Å². The van der Waals surface area contributed by atoms with E-state index in [1.54, 1.807) is 18.3 Å². The highest BCUT2D eigenvalue weighted by Gasteiger charge is 2.14. The summed E-state index contributed by atoms with van der Waals surface area (Å²) in [6.45, 7) is 1.73. The molecule has 3 N–H and O–H groups in total. The number of thioether (sulfide) groups is 1. The molecule has 0 aliphatic rings. The van der Waals surface area contributed by atoms with E-state index in [0.717, 1.165) is 4.88 Å². The summed E-state index contributed by atoms with van der Waals surface area (Å²) in [5.74, 6) is 0.349. The first-order chi connectivity index (χ1) is 7.66. The van der Waals surface area contributed by atoms with Crippen LogP contribution < -0.4 is 5.73 Å². The van der Waals surface area contributed by atoms with Crippen LogP contribution >= 0.6 is 23.1 Å². The Bertz CT molecular complexity index is 479. The topological polar surface area (TPSA) is 84.7 Å². The molecule has 5 nitrogen and oxygen atoms in total. The fourth-order valence-electron chi connectivity index (χ4n) is 1.04. The number of amides is 1. The van der Waals surface area contributed by atoms with E-state index in [0.29, 0.717) is 11.0 Å². The summed E-state index contributed by atoms with van der Waals surface area (Å²) >= 11 is 2.83. The van der Waals surface area contributed by atoms with Crippen LogP contribution in [0.5, 0.6) is 0 Å². The molecule has 0 aliphatic heterocycles. The summed E-state index contributed by atoms with van der Waals surface area (Å²) in [7, 11) is 0. The van der Waals surface area contributed by atoms with E-state index in [1.807, 2.05) is 17.5 Å². The molecule has 0 unspecified atom stereocenters. The number of nitrogens with zero attached hydrogens (tertiary/aromatic N) is 2. The molecular weight excluding hydrogens is 244 g/mol. The fraction of sp³-hybridized carbons (Fsp3) is 0.222. The highest BCUT2D eigenvalue weighted by Crippen LogP contribution is 2.24. The third kappa shape index (κ3) is 2.42. The maximum absolute atomic E-state index is 10.9. The normalized spacial score (nSPS) is 12.6. The first-order valence-electron chi connectivity index (χ1n) is 4.59. The Balaban J connectivity index is 2.11. The van der Waals surface area contributed by atoms with Crippen LogP contribution in [-0.2, 0) is 4.79 Å². The van der Waals surface area contributed by atoms with Gasteiger partial charge in [-0.3, -0.25) is 9.89 Å². The third-order valence-corrected chi connectivity index (χ3v) is 3.76. The minimum Gasteiger partial charge on any atom is -0.369 e. The average molecular weight is 254 g/mol. The lowest BCUT2D eigenvalue weighted by atomic mass is 10.4. The van der Waals surface area contributed by atoms with E-state index in [9.17, 15) is 4.79 Å². The number of aromatic amines is 1. The number of aromatic nitrogens is 3. The van der Waals surface area contributed by atoms with Crippen molar-refractivity contribution in [3.8, 4) is 10.7 Å². The number of nitrogens with one attached hydrogen (secondary N) is 1. The first kappa shape index (κ1) is 11.2. The molecular formula is C9H10N4OS2. The van der Waals surface area contributed by atoms with Gasteiger partial charge in [0.15, 0.2) is 5.82 Å². The molecule has 0 radical (unpaired) electrons. The van der Waals surface area contributed by atoms with Crippen LogP contribution in [0.3, 0.4) is 0 Å². The van der Waals surface area contributed by atoms with Gasteiger partial charge in [0.1, 0.15) is 0 Å². The molecule has 2 aromatic rings. The lowest BCUT2D eigenvalue weighted by Crippen LogP contribution is -2.22. The highest BCUT2D eigenvalue weighted by molar-refractivity contribution is 8.00. The highest BCUT2D eigenvalue weighted by atomic mass is 32.2. The van der Waals surface area contributed by atoms with Gasteiger partial charge in [-0.2, -0.15) is 0 Å². The predicted molar refractivity (Wildman–Crippen MR) is 64.2 cm³/mol. The number of carbonyl (C=O) groups excluding carboxylic acids is 1. The summed E-state index contributed by atoms with van der Waals surface area (Å²) in [6.07, 6.45) is 0. The standard InChI is InChI=1S/C9H10N4OS2/c1-5(7(10)14)16-9-11-8(12-13-9)6-3-2-4-15-6/h2-5H,1H3,(H2,10,14)(H,11,12,13)/t5-/m0/s1. The van der Waals surface area contributed by atoms with Crippen molar-refractivity contribution < 1.29 is 4.79 Å². The third-order valence-electron chi connectivity index (χ3n) is 1.90. The molecule has 0 saturated carbocycles. The minimum atomic E-state index is -0.368. The predicted octanol–water partition coefficient (Wildman–Crippen LogP) is 1.50. The number of carbonyl (C=O) groups is 1. The Morgan fingerprint density at radius 2 is 2.50 bits per heavy atom. The molecule has 0 aliphatic carbocycles. The smallest absolute Gasteiger partial charge is 0.230 e. The Morgan fingerprint density at radius 1 is 1.69 bits per heavy atom. The summed E-state index contributed by atoms with van der Waals surface area (Å²) in [6, 6.07) is 3.90. The monoisotopic (exact) mass is 254 g/mol. The van der Waals surface area contributed by atoms with Crippen LogP contribution in [0.25, 0.3) is 10.7 Å². The Morgan fingerprint density at radius 3 is 3.12 bits per heavy atom. The van der Waals surface area contributed by atoms with Crippen LogP contribution in [0.1, 0.15) is 6.92 Å². The quantitative estimate of drug-likeness (QED) is 0.810. The average Bonchev–Trinajstić information content (AvgIpc) is 2.85. The van der Waals surface area contributed by atoms with Crippen LogP contribution in [-0.4, -0.2) is 26.3 Å². The molecule has 84 valence electrons. The maximum Gasteiger partial charge on any atom is 0.230 e. The van der Waals surface area contributed by atoms with E-state index in [4.69, 9.17) is 5.73 Å². The van der Waals surface area contributed by atoms with Crippen molar-refractivity contribution >= 4 is 29.0 Å². The molecule has 1 atom stereocenters. The largest absolute Gasteiger partial charge is 0.369 e. The molecule has 0 aromatic carbocycles. The van der Waals surface area contributed by atoms with Crippen LogP contribution in [0.15, 0.2) is 22.7 Å². The Hall–Kier alpha value is -1.34. The molecule has 2 rings (SSSR count). The lowest BCUT2D eigenvalue weighted by Gasteiger charge is -2.01. The van der Waals surface area contributed by atoms with Gasteiger partial charge in [0.05, 0.1) is 10.1 Å². The van der Waals surface area contributed by atoms with E-state index < -0.39 is 0 Å². The maximum atomic E-state index is 10.9. The number of hydrogen-bond acceptors (Lipinski definition) is 5. The molecule has 2 heterocycles. The number of hydrogen-bond donors (Lipinski definition) is 2. The summed E-state index contributed by atoms with van der Waals surface area (Å²) < 4.78 is 0. The number of H-pyrrole nitrogens is 1. The minimum absolute atomic E-state index is 0.327. The second-order valence-electron chi connectivity index (χ2n) is 3.11. The molecule has 7 heteroatoms. The number of rotatable bonds is 4. The van der Waals surface area contributed by atoms with Gasteiger partial charge in [0.25, 0.3) is 0 Å². The summed E-state index contributed by atoms with van der Waals surface area (Å²) in [5.41, 5.74) is 5.16. The zero-order valence-electron chi connectivity index (χ0n) is 8.51. The zero-order chi connectivity index (χ0) is 11.5. The Kier molecular flexibility index (Phi) is 3.25. The van der Waals surface area contributed by atoms with Gasteiger partial charge >= 0.3 is 0 Å². The molecule has 16 heavy (non-hydrogen) atoms. The van der Waals surface area contributed by atoms with Crippen LogP contribution in [0.2, 0.25) is 0 Å². The molecule has 2 aromatic heterocycles. The van der Waals surface area contributed by atoms with Crippen LogP contribution in [0, 0.1) is 0 Å². The van der Waals surface area contributed by atoms with Gasteiger partial charge in [0, 0.05) is 0 Å². The van der Waals surface area contributed by atoms with Crippen molar-refractivity contribution in [1.82, 2.24) is 15.2 Å². The molecule has 0 spiro atoms. The van der Waals surface area contributed by atoms with Gasteiger partial charge in [-0.15, -0.1) is 16.4 Å². The first-order valence-corrected chi connectivity index (χ1v) is 6.35. The second kappa shape index (κ2) is 4.67. The van der Waals surface area contributed by atoms with Crippen molar-refractivity contribution in [2.45, 2.75) is 17.3 Å². The number of thiophene rings is 1. The molecule has 0 saturated heterocycles. The number of nitrogens with two attached hydrogens (primary N) is 1. The molecule has 1 amide bonds. The summed E-state index contributed by atoms with van der Waals surface area (Å²) in [5, 5.41) is 9.03. The van der Waals surface area contributed by atoms with Gasteiger partial charge < -0.3 is 5.73 Å². The van der Waals surface area contributed by atoms with Crippen molar-refractivity contribution in [3.63, 3.8) is 0 Å². The van der Waals surface area contributed by atoms with Gasteiger partial charge in [0.2, 0.25) is 11.1 Å². The zero-order valence-corrected chi connectivity index (χ0v) is 10.1.